The summed E-state index contributed by atoms with van der Waals surface area (Å²) in [6.07, 6.45) is -0.669. The molecule has 0 aliphatic rings. The molecule has 0 bridgehead atoms. The minimum Gasteiger partial charge on any atom is -0.493 e. The van der Waals surface area contributed by atoms with Crippen LogP contribution in [0, 0.1) is 6.92 Å². The summed E-state index contributed by atoms with van der Waals surface area (Å²) >= 11 is 0. The Balaban J connectivity index is 2.08. The number of carbonyl (C=O) groups is 1. The highest BCUT2D eigenvalue weighted by Gasteiger charge is 2.17. The molecular formula is C17H20N2O3. The standard InChI is InChI=1S/C17H20N2O3/c1-11-13(18)7-6-8-14(11)19-17(20)12(2)22-16-10-5-4-9-15(16)21-3/h4-10,12H,18H2,1-3H3,(H,19,20)/t12-/m1/s1. The molecule has 2 rings (SSSR count). The van der Waals surface area contributed by atoms with Crippen LogP contribution in [0.25, 0.3) is 0 Å². The summed E-state index contributed by atoms with van der Waals surface area (Å²) in [5.74, 6) is 0.860. The molecule has 1 atom stereocenters. The van der Waals surface area contributed by atoms with Gasteiger partial charge in [-0.2, -0.15) is 0 Å². The van der Waals surface area contributed by atoms with Crippen LogP contribution in [0.5, 0.6) is 11.5 Å². The number of carbonyl (C=O) groups excluding carboxylic acids is 1. The van der Waals surface area contributed by atoms with E-state index in [4.69, 9.17) is 15.2 Å². The van der Waals surface area contributed by atoms with Crippen molar-refractivity contribution in [1.29, 1.82) is 0 Å². The number of nitrogens with two attached hydrogens (primary N) is 1. The minimum absolute atomic E-state index is 0.250. The van der Waals surface area contributed by atoms with Gasteiger partial charge in [-0.15, -0.1) is 0 Å². The Labute approximate surface area is 130 Å². The number of amides is 1. The van der Waals surface area contributed by atoms with Gasteiger partial charge in [0.05, 0.1) is 7.11 Å². The molecule has 2 aromatic rings. The van der Waals surface area contributed by atoms with Crippen LogP contribution in [0.3, 0.4) is 0 Å². The van der Waals surface area contributed by atoms with E-state index in [9.17, 15) is 4.79 Å². The first-order valence-electron chi connectivity index (χ1n) is 6.98. The lowest BCUT2D eigenvalue weighted by Crippen LogP contribution is -2.30. The van der Waals surface area contributed by atoms with E-state index >= 15 is 0 Å². The highest BCUT2D eigenvalue weighted by atomic mass is 16.5. The van der Waals surface area contributed by atoms with Crippen molar-refractivity contribution < 1.29 is 14.3 Å². The monoisotopic (exact) mass is 300 g/mol. The van der Waals surface area contributed by atoms with Crippen LogP contribution in [0.1, 0.15) is 12.5 Å². The van der Waals surface area contributed by atoms with Gasteiger partial charge in [0.15, 0.2) is 17.6 Å². The highest BCUT2D eigenvalue weighted by molar-refractivity contribution is 5.95. The zero-order valence-electron chi connectivity index (χ0n) is 12.9. The molecule has 0 radical (unpaired) electrons. The molecule has 0 saturated carbocycles. The molecule has 116 valence electrons. The second kappa shape index (κ2) is 6.85. The average Bonchev–Trinajstić information content (AvgIpc) is 2.52. The third-order valence-corrected chi connectivity index (χ3v) is 3.38. The molecule has 5 heteroatoms. The van der Waals surface area contributed by atoms with Crippen molar-refractivity contribution in [1.82, 2.24) is 0 Å². The molecule has 3 N–H and O–H groups in total. The number of hydrogen-bond donors (Lipinski definition) is 2. The van der Waals surface area contributed by atoms with Gasteiger partial charge in [-0.3, -0.25) is 4.79 Å². The summed E-state index contributed by atoms with van der Waals surface area (Å²) in [6.45, 7) is 3.54. The molecule has 0 heterocycles. The molecule has 0 unspecified atom stereocenters. The van der Waals surface area contributed by atoms with Crippen LogP contribution in [-0.2, 0) is 4.79 Å². The first kappa shape index (κ1) is 15.7. The number of ether oxygens (including phenoxy) is 2. The van der Waals surface area contributed by atoms with E-state index in [1.165, 1.54) is 0 Å². The number of methoxy groups -OCH3 is 1. The van der Waals surface area contributed by atoms with Gasteiger partial charge in [0.1, 0.15) is 0 Å². The summed E-state index contributed by atoms with van der Waals surface area (Å²) in [6, 6.07) is 12.6. The summed E-state index contributed by atoms with van der Waals surface area (Å²) < 4.78 is 10.9. The lowest BCUT2D eigenvalue weighted by atomic mass is 10.1. The predicted octanol–water partition coefficient (Wildman–Crippen LogP) is 2.99. The largest absolute Gasteiger partial charge is 0.493 e. The van der Waals surface area contributed by atoms with Gasteiger partial charge in [-0.1, -0.05) is 18.2 Å². The van der Waals surface area contributed by atoms with Crippen LogP contribution in [0.4, 0.5) is 11.4 Å². The number of nitrogen functional groups attached to an aromatic ring is 1. The molecule has 0 fully saturated rings. The van der Waals surface area contributed by atoms with Crippen molar-refractivity contribution >= 4 is 17.3 Å². The van der Waals surface area contributed by atoms with Crippen molar-refractivity contribution in [2.45, 2.75) is 20.0 Å². The van der Waals surface area contributed by atoms with Gasteiger partial charge in [0, 0.05) is 11.4 Å². The normalized spacial score (nSPS) is 11.6. The molecule has 0 aliphatic heterocycles. The fourth-order valence-corrected chi connectivity index (χ4v) is 1.98. The second-order valence-corrected chi connectivity index (χ2v) is 4.92. The van der Waals surface area contributed by atoms with E-state index in [-0.39, 0.29) is 5.91 Å². The second-order valence-electron chi connectivity index (χ2n) is 4.92. The Bertz CT molecular complexity index is 671. The molecule has 0 saturated heterocycles. The summed E-state index contributed by atoms with van der Waals surface area (Å²) in [5.41, 5.74) is 7.98. The lowest BCUT2D eigenvalue weighted by Gasteiger charge is -2.17. The van der Waals surface area contributed by atoms with Crippen LogP contribution in [-0.4, -0.2) is 19.1 Å². The quantitative estimate of drug-likeness (QED) is 0.833. The highest BCUT2D eigenvalue weighted by Crippen LogP contribution is 2.27. The smallest absolute Gasteiger partial charge is 0.265 e. The predicted molar refractivity (Wildman–Crippen MR) is 87.3 cm³/mol. The zero-order chi connectivity index (χ0) is 16.1. The number of rotatable bonds is 5. The Morgan fingerprint density at radius 3 is 2.50 bits per heavy atom. The van der Waals surface area contributed by atoms with Crippen LogP contribution in [0.15, 0.2) is 42.5 Å². The molecule has 0 spiro atoms. The number of para-hydroxylation sites is 2. The SMILES string of the molecule is COc1ccccc1O[C@H](C)C(=O)Nc1cccc(N)c1C. The maximum absolute atomic E-state index is 12.3. The fourth-order valence-electron chi connectivity index (χ4n) is 1.98. The number of benzene rings is 2. The van der Waals surface area contributed by atoms with Crippen molar-refractivity contribution in [2.24, 2.45) is 0 Å². The summed E-state index contributed by atoms with van der Waals surface area (Å²) in [5, 5.41) is 2.82. The first-order chi connectivity index (χ1) is 10.5. The number of hydrogen-bond acceptors (Lipinski definition) is 4. The van der Waals surface area contributed by atoms with E-state index in [2.05, 4.69) is 5.32 Å². The third-order valence-electron chi connectivity index (χ3n) is 3.38. The van der Waals surface area contributed by atoms with E-state index < -0.39 is 6.10 Å². The average molecular weight is 300 g/mol. The molecular weight excluding hydrogens is 280 g/mol. The van der Waals surface area contributed by atoms with Gasteiger partial charge in [-0.25, -0.2) is 0 Å². The Morgan fingerprint density at radius 1 is 1.14 bits per heavy atom. The fraction of sp³-hybridized carbons (Fsp3) is 0.235. The zero-order valence-corrected chi connectivity index (χ0v) is 12.9. The van der Waals surface area contributed by atoms with Crippen molar-refractivity contribution in [2.75, 3.05) is 18.2 Å². The van der Waals surface area contributed by atoms with E-state index in [0.29, 0.717) is 22.9 Å². The summed E-state index contributed by atoms with van der Waals surface area (Å²) in [7, 11) is 1.56. The van der Waals surface area contributed by atoms with Gasteiger partial charge >= 0.3 is 0 Å². The summed E-state index contributed by atoms with van der Waals surface area (Å²) in [4.78, 5) is 12.3. The van der Waals surface area contributed by atoms with Gasteiger partial charge in [0.25, 0.3) is 5.91 Å². The van der Waals surface area contributed by atoms with Crippen LogP contribution >= 0.6 is 0 Å². The third kappa shape index (κ3) is 3.49. The van der Waals surface area contributed by atoms with Crippen LogP contribution < -0.4 is 20.5 Å². The van der Waals surface area contributed by atoms with Crippen molar-refractivity contribution in [3.05, 3.63) is 48.0 Å². The number of anilines is 2. The minimum atomic E-state index is -0.669. The number of nitrogens with one attached hydrogen (secondary N) is 1. The van der Waals surface area contributed by atoms with E-state index in [0.717, 1.165) is 5.56 Å². The van der Waals surface area contributed by atoms with E-state index in [1.54, 1.807) is 44.4 Å². The van der Waals surface area contributed by atoms with Crippen molar-refractivity contribution in [3.63, 3.8) is 0 Å². The lowest BCUT2D eigenvalue weighted by molar-refractivity contribution is -0.122. The maximum Gasteiger partial charge on any atom is 0.265 e. The molecule has 1 amide bonds. The Kier molecular flexibility index (Phi) is 4.88. The van der Waals surface area contributed by atoms with Gasteiger partial charge < -0.3 is 20.5 Å². The van der Waals surface area contributed by atoms with Crippen LogP contribution in [0.2, 0.25) is 0 Å². The van der Waals surface area contributed by atoms with Gasteiger partial charge in [0.2, 0.25) is 0 Å². The van der Waals surface area contributed by atoms with E-state index in [1.807, 2.05) is 19.1 Å². The molecule has 2 aromatic carbocycles. The molecule has 22 heavy (non-hydrogen) atoms. The maximum atomic E-state index is 12.3. The molecule has 5 nitrogen and oxygen atoms in total. The molecule has 0 aliphatic carbocycles. The van der Waals surface area contributed by atoms with Gasteiger partial charge in [-0.05, 0) is 43.7 Å². The van der Waals surface area contributed by atoms with Crippen molar-refractivity contribution in [3.8, 4) is 11.5 Å². The Morgan fingerprint density at radius 2 is 1.82 bits per heavy atom. The first-order valence-corrected chi connectivity index (χ1v) is 6.98. The Hall–Kier alpha value is -2.69. The topological polar surface area (TPSA) is 73.6 Å². The molecule has 0 aromatic heterocycles.